The highest BCUT2D eigenvalue weighted by Crippen LogP contribution is 2.16. The van der Waals surface area contributed by atoms with Crippen LogP contribution >= 0.6 is 0 Å². The highest BCUT2D eigenvalue weighted by Gasteiger charge is 2.18. The number of amides is 1. The van der Waals surface area contributed by atoms with Crippen molar-refractivity contribution in [3.63, 3.8) is 0 Å². The maximum Gasteiger partial charge on any atom is 0.204 e. The molecule has 31 heavy (non-hydrogen) atoms. The van der Waals surface area contributed by atoms with Crippen LogP contribution < -0.4 is 5.32 Å². The first-order chi connectivity index (χ1) is 15.2. The second-order valence-electron chi connectivity index (χ2n) is 7.31. The van der Waals surface area contributed by atoms with E-state index in [2.05, 4.69) is 48.9 Å². The van der Waals surface area contributed by atoms with E-state index < -0.39 is 0 Å². The summed E-state index contributed by atoms with van der Waals surface area (Å²) in [6.07, 6.45) is 10.8. The van der Waals surface area contributed by atoms with E-state index in [1.807, 2.05) is 0 Å². The Morgan fingerprint density at radius 1 is 0.839 bits per heavy atom. The van der Waals surface area contributed by atoms with Gasteiger partial charge in [0.15, 0.2) is 5.81 Å². The summed E-state index contributed by atoms with van der Waals surface area (Å²) in [7, 11) is 5.21. The first-order valence-electron chi connectivity index (χ1n) is 10.5. The topological polar surface area (TPSA) is 83.9 Å². The maximum absolute atomic E-state index is 10.9. The molecule has 0 aliphatic carbocycles. The summed E-state index contributed by atoms with van der Waals surface area (Å²) in [5.41, 5.74) is 0. The Balaban J connectivity index is 0.000000179. The third kappa shape index (κ3) is 8.20. The Bertz CT molecular complexity index is 934. The molecule has 2 aliphatic rings. The average molecular weight is 412 g/mol. The van der Waals surface area contributed by atoms with Crippen molar-refractivity contribution in [2.45, 2.75) is 25.7 Å². The number of likely N-dealkylation sites (tertiary alicyclic amines) is 1. The van der Waals surface area contributed by atoms with Gasteiger partial charge in [-0.05, 0) is 62.7 Å². The average Bonchev–Trinajstić information content (AvgIpc) is 2.84. The van der Waals surface area contributed by atoms with E-state index in [4.69, 9.17) is 7.85 Å². The predicted octanol–water partition coefficient (Wildman–Crippen LogP) is 1.66. The molecule has 0 aromatic carbocycles. The second-order valence-corrected chi connectivity index (χ2v) is 7.31. The van der Waals surface area contributed by atoms with Gasteiger partial charge in [-0.25, -0.2) is 19.9 Å². The van der Waals surface area contributed by atoms with Crippen LogP contribution in [0.4, 0.5) is 4.79 Å². The van der Waals surface area contributed by atoms with Crippen molar-refractivity contribution >= 4 is 13.7 Å². The third-order valence-corrected chi connectivity index (χ3v) is 5.05. The van der Waals surface area contributed by atoms with Gasteiger partial charge in [0.2, 0.25) is 19.5 Å². The van der Waals surface area contributed by atoms with Crippen LogP contribution in [0.5, 0.6) is 0 Å². The van der Waals surface area contributed by atoms with E-state index in [0.29, 0.717) is 36.6 Å². The van der Waals surface area contributed by atoms with Crippen molar-refractivity contribution in [3.05, 3.63) is 48.6 Å². The SMILES string of the molecule is C(#CC1CCNCC1)c1ncccn1.[B]C(=O)N1CCC(C#Cc2ncccn2)CC1. The van der Waals surface area contributed by atoms with E-state index in [1.165, 1.54) is 0 Å². The molecule has 0 atom stereocenters. The number of carbonyl (C=O) groups excluding carboxylic acids is 1. The van der Waals surface area contributed by atoms with Crippen LogP contribution in [0, 0.1) is 35.5 Å². The van der Waals surface area contributed by atoms with Gasteiger partial charge < -0.3 is 10.2 Å². The highest BCUT2D eigenvalue weighted by molar-refractivity contribution is 6.56. The van der Waals surface area contributed by atoms with Crippen molar-refractivity contribution in [1.82, 2.24) is 30.2 Å². The molecule has 2 saturated heterocycles. The molecule has 4 heterocycles. The molecule has 0 saturated carbocycles. The van der Waals surface area contributed by atoms with Gasteiger partial charge >= 0.3 is 0 Å². The van der Waals surface area contributed by atoms with Crippen LogP contribution in [0.15, 0.2) is 36.9 Å². The molecule has 8 heteroatoms. The van der Waals surface area contributed by atoms with Gasteiger partial charge in [-0.15, -0.1) is 0 Å². The molecule has 0 unspecified atom stereocenters. The minimum absolute atomic E-state index is 0.300. The summed E-state index contributed by atoms with van der Waals surface area (Å²) in [5, 5.41) is 3.31. The van der Waals surface area contributed by atoms with E-state index in [-0.39, 0.29) is 5.81 Å². The Morgan fingerprint density at radius 2 is 1.29 bits per heavy atom. The minimum Gasteiger partial charge on any atom is -0.352 e. The molecule has 1 N–H and O–H groups in total. The van der Waals surface area contributed by atoms with Crippen molar-refractivity contribution in [2.75, 3.05) is 26.2 Å². The molecule has 2 aliphatic heterocycles. The van der Waals surface area contributed by atoms with Crippen LogP contribution in [0.1, 0.15) is 37.3 Å². The number of hydrogen-bond donors (Lipinski definition) is 1. The van der Waals surface area contributed by atoms with Crippen LogP contribution in [-0.4, -0.2) is 64.7 Å². The standard InChI is InChI=1S/C12H12BN3O.C11H13N3/c13-12(17)16-8-4-10(5-9-16)2-3-11-14-6-1-7-15-11;1-6-13-11(14-7-1)3-2-10-4-8-12-9-5-10/h1,6-7,10H,4-5,8-9H2;1,6-7,10,12H,4-5,8-9H2. The molecule has 2 aromatic rings. The molecule has 0 bridgehead atoms. The predicted molar refractivity (Wildman–Crippen MR) is 119 cm³/mol. The lowest BCUT2D eigenvalue weighted by molar-refractivity contribution is 0.202. The van der Waals surface area contributed by atoms with Crippen LogP contribution in [-0.2, 0) is 0 Å². The van der Waals surface area contributed by atoms with Crippen molar-refractivity contribution < 1.29 is 4.79 Å². The maximum atomic E-state index is 10.9. The highest BCUT2D eigenvalue weighted by atomic mass is 16.1. The van der Waals surface area contributed by atoms with Gasteiger partial charge in [-0.1, -0.05) is 11.8 Å². The molecule has 0 spiro atoms. The monoisotopic (exact) mass is 412 g/mol. The van der Waals surface area contributed by atoms with Gasteiger partial charge in [-0.3, -0.25) is 4.79 Å². The van der Waals surface area contributed by atoms with Gasteiger partial charge in [0.05, 0.1) is 0 Å². The Hall–Kier alpha value is -3.23. The van der Waals surface area contributed by atoms with E-state index >= 15 is 0 Å². The summed E-state index contributed by atoms with van der Waals surface area (Å²) in [6.45, 7) is 3.53. The molecular formula is C23H25BN6O. The molecule has 2 aromatic heterocycles. The van der Waals surface area contributed by atoms with E-state index in [1.54, 1.807) is 41.8 Å². The number of aromatic nitrogens is 4. The first-order valence-corrected chi connectivity index (χ1v) is 10.5. The van der Waals surface area contributed by atoms with Crippen LogP contribution in [0.3, 0.4) is 0 Å². The molecule has 2 radical (unpaired) electrons. The molecular weight excluding hydrogens is 387 g/mol. The lowest BCUT2D eigenvalue weighted by Gasteiger charge is -2.29. The summed E-state index contributed by atoms with van der Waals surface area (Å²) in [5.74, 6) is 14.0. The Morgan fingerprint density at radius 3 is 1.74 bits per heavy atom. The lowest BCUT2D eigenvalue weighted by atomic mass is 9.95. The number of carbonyl (C=O) groups is 1. The van der Waals surface area contributed by atoms with Crippen molar-refractivity contribution in [1.29, 1.82) is 0 Å². The zero-order valence-electron chi connectivity index (χ0n) is 17.5. The fourth-order valence-electron chi connectivity index (χ4n) is 3.27. The zero-order valence-corrected chi connectivity index (χ0v) is 17.5. The van der Waals surface area contributed by atoms with Gasteiger partial charge in [0.25, 0.3) is 0 Å². The Kier molecular flexibility index (Phi) is 9.03. The Labute approximate surface area is 184 Å². The lowest BCUT2D eigenvalue weighted by Crippen LogP contribution is -2.37. The summed E-state index contributed by atoms with van der Waals surface area (Å²) >= 11 is 0. The number of hydrogen-bond acceptors (Lipinski definition) is 6. The summed E-state index contributed by atoms with van der Waals surface area (Å²) < 4.78 is 0. The molecule has 7 nitrogen and oxygen atoms in total. The summed E-state index contributed by atoms with van der Waals surface area (Å²) in [6, 6.07) is 3.56. The quantitative estimate of drug-likeness (QED) is 0.524. The third-order valence-electron chi connectivity index (χ3n) is 5.05. The molecule has 4 rings (SSSR count). The van der Waals surface area contributed by atoms with Crippen molar-refractivity contribution in [2.24, 2.45) is 11.8 Å². The normalized spacial score (nSPS) is 16.6. The summed E-state index contributed by atoms with van der Waals surface area (Å²) in [4.78, 5) is 28.8. The van der Waals surface area contributed by atoms with E-state index in [0.717, 1.165) is 38.8 Å². The van der Waals surface area contributed by atoms with E-state index in [9.17, 15) is 4.79 Å². The number of piperidine rings is 2. The number of nitrogens with one attached hydrogen (secondary N) is 1. The zero-order chi connectivity index (χ0) is 21.7. The van der Waals surface area contributed by atoms with Gasteiger partial charge in [0.1, 0.15) is 0 Å². The first kappa shape index (κ1) is 22.5. The molecule has 1 amide bonds. The number of nitrogens with zero attached hydrogens (tertiary/aromatic N) is 5. The molecule has 2 fully saturated rings. The van der Waals surface area contributed by atoms with Crippen LogP contribution in [0.25, 0.3) is 0 Å². The molecule has 156 valence electrons. The second kappa shape index (κ2) is 12.5. The smallest absolute Gasteiger partial charge is 0.204 e. The fourth-order valence-corrected chi connectivity index (χ4v) is 3.27. The fraction of sp³-hybridized carbons (Fsp3) is 0.435. The minimum atomic E-state index is -0.345. The largest absolute Gasteiger partial charge is 0.352 e. The van der Waals surface area contributed by atoms with Crippen molar-refractivity contribution in [3.8, 4) is 23.7 Å². The van der Waals surface area contributed by atoms with Gasteiger partial charge in [-0.2, -0.15) is 0 Å². The van der Waals surface area contributed by atoms with Crippen LogP contribution in [0.2, 0.25) is 0 Å². The van der Waals surface area contributed by atoms with Gasteiger partial charge in [0, 0.05) is 49.7 Å². The number of rotatable bonds is 0.